The summed E-state index contributed by atoms with van der Waals surface area (Å²) < 4.78 is 10.8. The van der Waals surface area contributed by atoms with Crippen molar-refractivity contribution in [1.29, 1.82) is 0 Å². The van der Waals surface area contributed by atoms with Gasteiger partial charge >= 0.3 is 0 Å². The summed E-state index contributed by atoms with van der Waals surface area (Å²) in [6.07, 6.45) is 6.12. The average Bonchev–Trinajstić information content (AvgIpc) is 2.65. The standard InChI is InChI=1S/C22H22O3/c1-24-21-9-5-3-7-18(21)13-16-11-12-17(20(23)14-16)15-19-8-4-6-10-22(19)25-2/h3-10,13,15H,11-12,14H2,1-2H3/b16-13+,17-15+. The van der Waals surface area contributed by atoms with E-state index in [0.29, 0.717) is 6.42 Å². The Morgan fingerprint density at radius 1 is 0.800 bits per heavy atom. The summed E-state index contributed by atoms with van der Waals surface area (Å²) in [7, 11) is 3.31. The SMILES string of the molecule is COc1ccccc1/C=C1\CC/C(=C\c2ccccc2OC)C(=O)C1. The third-order valence-electron chi connectivity index (χ3n) is 4.43. The number of hydrogen-bond acceptors (Lipinski definition) is 3. The Morgan fingerprint density at radius 2 is 1.36 bits per heavy atom. The monoisotopic (exact) mass is 334 g/mol. The Kier molecular flexibility index (Phi) is 5.34. The van der Waals surface area contributed by atoms with Crippen LogP contribution in [0, 0.1) is 0 Å². The van der Waals surface area contributed by atoms with E-state index in [1.54, 1.807) is 14.2 Å². The van der Waals surface area contributed by atoms with Crippen molar-refractivity contribution in [2.45, 2.75) is 19.3 Å². The molecule has 3 heteroatoms. The van der Waals surface area contributed by atoms with E-state index in [2.05, 4.69) is 6.08 Å². The van der Waals surface area contributed by atoms with Crippen LogP contribution in [0.2, 0.25) is 0 Å². The Balaban J connectivity index is 1.80. The second kappa shape index (κ2) is 7.84. The van der Waals surface area contributed by atoms with E-state index < -0.39 is 0 Å². The number of methoxy groups -OCH3 is 2. The van der Waals surface area contributed by atoms with Gasteiger partial charge in [-0.3, -0.25) is 4.79 Å². The van der Waals surface area contributed by atoms with E-state index in [9.17, 15) is 4.79 Å². The van der Waals surface area contributed by atoms with Crippen LogP contribution in [0.3, 0.4) is 0 Å². The Hall–Kier alpha value is -2.81. The largest absolute Gasteiger partial charge is 0.496 e. The predicted octanol–water partition coefficient (Wildman–Crippen LogP) is 4.92. The number of rotatable bonds is 4. The molecule has 0 saturated heterocycles. The average molecular weight is 334 g/mol. The molecule has 2 aromatic rings. The van der Waals surface area contributed by atoms with Crippen molar-refractivity contribution < 1.29 is 14.3 Å². The lowest BCUT2D eigenvalue weighted by molar-refractivity contribution is -0.115. The molecule has 0 spiro atoms. The van der Waals surface area contributed by atoms with E-state index in [1.165, 1.54) is 0 Å². The van der Waals surface area contributed by atoms with Gasteiger partial charge in [0.15, 0.2) is 5.78 Å². The van der Waals surface area contributed by atoms with Crippen molar-refractivity contribution in [2.24, 2.45) is 0 Å². The molecule has 0 heterocycles. The number of carbonyl (C=O) groups is 1. The number of carbonyl (C=O) groups excluding carboxylic acids is 1. The van der Waals surface area contributed by atoms with Crippen LogP contribution in [-0.4, -0.2) is 20.0 Å². The first-order valence-corrected chi connectivity index (χ1v) is 8.40. The van der Waals surface area contributed by atoms with Gasteiger partial charge in [0.1, 0.15) is 11.5 Å². The molecular weight excluding hydrogens is 312 g/mol. The highest BCUT2D eigenvalue weighted by Crippen LogP contribution is 2.31. The van der Waals surface area contributed by atoms with Gasteiger partial charge in [-0.1, -0.05) is 48.0 Å². The van der Waals surface area contributed by atoms with Crippen molar-refractivity contribution >= 4 is 17.9 Å². The summed E-state index contributed by atoms with van der Waals surface area (Å²) >= 11 is 0. The summed E-state index contributed by atoms with van der Waals surface area (Å²) in [6.45, 7) is 0. The highest BCUT2D eigenvalue weighted by Gasteiger charge is 2.19. The van der Waals surface area contributed by atoms with Crippen molar-refractivity contribution in [3.05, 3.63) is 70.8 Å². The summed E-state index contributed by atoms with van der Waals surface area (Å²) in [5.41, 5.74) is 3.98. The molecule has 0 unspecified atom stereocenters. The molecule has 1 aliphatic carbocycles. The maximum atomic E-state index is 12.6. The quantitative estimate of drug-likeness (QED) is 0.744. The number of ether oxygens (including phenoxy) is 2. The lowest BCUT2D eigenvalue weighted by Crippen LogP contribution is -2.11. The molecule has 0 radical (unpaired) electrons. The van der Waals surface area contributed by atoms with Crippen molar-refractivity contribution in [1.82, 2.24) is 0 Å². The number of benzene rings is 2. The molecular formula is C22H22O3. The van der Waals surface area contributed by atoms with Gasteiger partial charge in [-0.05, 0) is 36.6 Å². The highest BCUT2D eigenvalue weighted by molar-refractivity contribution is 6.02. The van der Waals surface area contributed by atoms with E-state index in [1.807, 2.05) is 54.6 Å². The molecule has 3 nitrogen and oxygen atoms in total. The number of hydrogen-bond donors (Lipinski definition) is 0. The van der Waals surface area contributed by atoms with Gasteiger partial charge < -0.3 is 9.47 Å². The maximum absolute atomic E-state index is 12.6. The fourth-order valence-electron chi connectivity index (χ4n) is 3.10. The van der Waals surface area contributed by atoms with Crippen LogP contribution in [0.4, 0.5) is 0 Å². The van der Waals surface area contributed by atoms with Crippen LogP contribution in [0.5, 0.6) is 11.5 Å². The van der Waals surface area contributed by atoms with Crippen LogP contribution in [0.15, 0.2) is 59.7 Å². The Bertz CT molecular complexity index is 831. The molecule has 0 aromatic heterocycles. The lowest BCUT2D eigenvalue weighted by Gasteiger charge is -2.17. The summed E-state index contributed by atoms with van der Waals surface area (Å²) in [4.78, 5) is 12.6. The van der Waals surface area contributed by atoms with E-state index in [-0.39, 0.29) is 5.78 Å². The van der Waals surface area contributed by atoms with Gasteiger partial charge in [0.05, 0.1) is 14.2 Å². The maximum Gasteiger partial charge on any atom is 0.162 e. The third kappa shape index (κ3) is 4.00. The lowest BCUT2D eigenvalue weighted by atomic mass is 9.87. The second-order valence-electron chi connectivity index (χ2n) is 6.06. The summed E-state index contributed by atoms with van der Waals surface area (Å²) in [5.74, 6) is 1.80. The molecule has 2 aromatic carbocycles. The topological polar surface area (TPSA) is 35.5 Å². The van der Waals surface area contributed by atoms with Crippen LogP contribution in [-0.2, 0) is 4.79 Å². The first-order chi connectivity index (χ1) is 12.2. The van der Waals surface area contributed by atoms with Crippen molar-refractivity contribution in [3.8, 4) is 11.5 Å². The molecule has 0 amide bonds. The molecule has 25 heavy (non-hydrogen) atoms. The van der Waals surface area contributed by atoms with Crippen molar-refractivity contribution in [2.75, 3.05) is 14.2 Å². The van der Waals surface area contributed by atoms with Crippen LogP contribution < -0.4 is 9.47 Å². The minimum atomic E-state index is 0.179. The normalized spacial score (nSPS) is 17.8. The number of ketones is 1. The number of allylic oxidation sites excluding steroid dienone is 2. The predicted molar refractivity (Wildman–Crippen MR) is 101 cm³/mol. The first kappa shape index (κ1) is 17.0. The first-order valence-electron chi connectivity index (χ1n) is 8.40. The molecule has 1 saturated carbocycles. The number of para-hydroxylation sites is 2. The molecule has 0 aliphatic heterocycles. The zero-order chi connectivity index (χ0) is 17.6. The van der Waals surface area contributed by atoms with Gasteiger partial charge in [-0.2, -0.15) is 0 Å². The molecule has 0 N–H and O–H groups in total. The smallest absolute Gasteiger partial charge is 0.162 e. The minimum absolute atomic E-state index is 0.179. The fraction of sp³-hybridized carbons (Fsp3) is 0.227. The fourth-order valence-corrected chi connectivity index (χ4v) is 3.10. The van der Waals surface area contributed by atoms with Crippen LogP contribution >= 0.6 is 0 Å². The second-order valence-corrected chi connectivity index (χ2v) is 6.06. The number of Topliss-reactive ketones (excluding diaryl/α,β-unsaturated/α-hetero) is 1. The summed E-state index contributed by atoms with van der Waals surface area (Å²) in [6, 6.07) is 15.6. The third-order valence-corrected chi connectivity index (χ3v) is 4.43. The molecule has 1 fully saturated rings. The Labute approximate surface area is 148 Å². The van der Waals surface area contributed by atoms with Crippen LogP contribution in [0.1, 0.15) is 30.4 Å². The minimum Gasteiger partial charge on any atom is -0.496 e. The molecule has 3 rings (SSSR count). The summed E-state index contributed by atoms with van der Waals surface area (Å²) in [5, 5.41) is 0. The van der Waals surface area contributed by atoms with Gasteiger partial charge in [-0.15, -0.1) is 0 Å². The van der Waals surface area contributed by atoms with Gasteiger partial charge in [0, 0.05) is 17.5 Å². The highest BCUT2D eigenvalue weighted by atomic mass is 16.5. The van der Waals surface area contributed by atoms with Crippen LogP contribution in [0.25, 0.3) is 12.2 Å². The van der Waals surface area contributed by atoms with Gasteiger partial charge in [0.2, 0.25) is 0 Å². The molecule has 1 aliphatic rings. The zero-order valence-electron chi connectivity index (χ0n) is 14.6. The van der Waals surface area contributed by atoms with E-state index in [0.717, 1.165) is 46.6 Å². The molecule has 128 valence electrons. The van der Waals surface area contributed by atoms with Gasteiger partial charge in [0.25, 0.3) is 0 Å². The molecule has 0 bridgehead atoms. The zero-order valence-corrected chi connectivity index (χ0v) is 14.6. The van der Waals surface area contributed by atoms with Gasteiger partial charge in [-0.25, -0.2) is 0 Å². The van der Waals surface area contributed by atoms with E-state index in [4.69, 9.17) is 9.47 Å². The van der Waals surface area contributed by atoms with Crippen molar-refractivity contribution in [3.63, 3.8) is 0 Å². The molecule has 0 atom stereocenters. The Morgan fingerprint density at radius 3 is 1.92 bits per heavy atom. The van der Waals surface area contributed by atoms with E-state index >= 15 is 0 Å².